The monoisotopic (exact) mass is 183 g/mol. The standard InChI is InChI=1S/C10H17NO2/c1-8(2)6-10(13)11-5-3-4-9(11)7-12/h6,9,12H,3-5,7H2,1-2H3/t9-/m1/s1. The lowest BCUT2D eigenvalue weighted by molar-refractivity contribution is -0.127. The van der Waals surface area contributed by atoms with Crippen molar-refractivity contribution in [2.24, 2.45) is 0 Å². The van der Waals surface area contributed by atoms with Crippen LogP contribution in [0.1, 0.15) is 26.7 Å². The van der Waals surface area contributed by atoms with E-state index in [1.54, 1.807) is 11.0 Å². The van der Waals surface area contributed by atoms with E-state index in [0.717, 1.165) is 25.0 Å². The van der Waals surface area contributed by atoms with Crippen molar-refractivity contribution in [2.75, 3.05) is 13.2 Å². The maximum atomic E-state index is 11.6. The first-order chi connectivity index (χ1) is 6.15. The highest BCUT2D eigenvalue weighted by Crippen LogP contribution is 2.17. The second kappa shape index (κ2) is 4.42. The average Bonchev–Trinajstić information content (AvgIpc) is 2.49. The molecular weight excluding hydrogens is 166 g/mol. The summed E-state index contributed by atoms with van der Waals surface area (Å²) in [5.41, 5.74) is 1.01. The van der Waals surface area contributed by atoms with Crippen LogP contribution in [0.5, 0.6) is 0 Å². The molecule has 3 heteroatoms. The first-order valence-corrected chi connectivity index (χ1v) is 4.71. The van der Waals surface area contributed by atoms with Gasteiger partial charge in [-0.05, 0) is 26.7 Å². The predicted octanol–water partition coefficient (Wildman–Crippen LogP) is 0.936. The number of likely N-dealkylation sites (tertiary alicyclic amines) is 1. The van der Waals surface area contributed by atoms with Crippen LogP contribution in [0, 0.1) is 0 Å². The number of hydrogen-bond donors (Lipinski definition) is 1. The Morgan fingerprint density at radius 1 is 1.62 bits per heavy atom. The van der Waals surface area contributed by atoms with Crippen molar-refractivity contribution in [3.63, 3.8) is 0 Å². The molecule has 1 N–H and O–H groups in total. The fourth-order valence-electron chi connectivity index (χ4n) is 1.65. The third-order valence-corrected chi connectivity index (χ3v) is 2.28. The number of carbonyl (C=O) groups is 1. The van der Waals surface area contributed by atoms with Gasteiger partial charge in [-0.15, -0.1) is 0 Å². The van der Waals surface area contributed by atoms with Crippen LogP contribution in [0.15, 0.2) is 11.6 Å². The third-order valence-electron chi connectivity index (χ3n) is 2.28. The van der Waals surface area contributed by atoms with E-state index in [-0.39, 0.29) is 18.6 Å². The van der Waals surface area contributed by atoms with Gasteiger partial charge in [0.1, 0.15) is 0 Å². The minimum atomic E-state index is 0.0385. The first-order valence-electron chi connectivity index (χ1n) is 4.71. The normalized spacial score (nSPS) is 21.8. The number of aliphatic hydroxyl groups excluding tert-OH is 1. The molecule has 0 bridgehead atoms. The number of aliphatic hydroxyl groups is 1. The van der Waals surface area contributed by atoms with Crippen molar-refractivity contribution in [2.45, 2.75) is 32.7 Å². The molecule has 3 nitrogen and oxygen atoms in total. The molecule has 1 rings (SSSR count). The molecule has 1 aliphatic heterocycles. The molecule has 0 unspecified atom stereocenters. The number of hydrogen-bond acceptors (Lipinski definition) is 2. The van der Waals surface area contributed by atoms with Gasteiger partial charge in [-0.25, -0.2) is 0 Å². The third kappa shape index (κ3) is 2.56. The zero-order valence-corrected chi connectivity index (χ0v) is 8.29. The quantitative estimate of drug-likeness (QED) is 0.647. The highest BCUT2D eigenvalue weighted by atomic mass is 16.3. The van der Waals surface area contributed by atoms with Crippen molar-refractivity contribution >= 4 is 5.91 Å². The highest BCUT2D eigenvalue weighted by molar-refractivity contribution is 5.88. The van der Waals surface area contributed by atoms with Crippen LogP contribution in [0.3, 0.4) is 0 Å². The number of amides is 1. The zero-order chi connectivity index (χ0) is 9.84. The minimum absolute atomic E-state index is 0.0385. The van der Waals surface area contributed by atoms with Gasteiger partial charge in [0.05, 0.1) is 12.6 Å². The molecule has 1 aliphatic rings. The molecule has 1 fully saturated rings. The first kappa shape index (κ1) is 10.3. The van der Waals surface area contributed by atoms with Gasteiger partial charge in [-0.2, -0.15) is 0 Å². The minimum Gasteiger partial charge on any atom is -0.394 e. The van der Waals surface area contributed by atoms with Crippen molar-refractivity contribution in [1.29, 1.82) is 0 Å². The van der Waals surface area contributed by atoms with Gasteiger partial charge in [-0.1, -0.05) is 5.57 Å². The molecule has 0 radical (unpaired) electrons. The summed E-state index contributed by atoms with van der Waals surface area (Å²) in [6, 6.07) is 0.0445. The second-order valence-corrected chi connectivity index (χ2v) is 3.73. The molecule has 1 atom stereocenters. The zero-order valence-electron chi connectivity index (χ0n) is 8.29. The van der Waals surface area contributed by atoms with Gasteiger partial charge in [0.2, 0.25) is 5.91 Å². The number of nitrogens with zero attached hydrogens (tertiary/aromatic N) is 1. The molecule has 0 saturated carbocycles. The molecule has 0 aliphatic carbocycles. The lowest BCUT2D eigenvalue weighted by Gasteiger charge is -2.21. The van der Waals surface area contributed by atoms with Crippen LogP contribution in [-0.4, -0.2) is 35.1 Å². The Morgan fingerprint density at radius 3 is 2.85 bits per heavy atom. The van der Waals surface area contributed by atoms with Crippen molar-refractivity contribution in [1.82, 2.24) is 4.90 Å². The molecule has 0 aromatic heterocycles. The van der Waals surface area contributed by atoms with Crippen molar-refractivity contribution in [3.8, 4) is 0 Å². The predicted molar refractivity (Wildman–Crippen MR) is 51.3 cm³/mol. The topological polar surface area (TPSA) is 40.5 Å². The van der Waals surface area contributed by atoms with E-state index in [1.807, 2.05) is 13.8 Å². The van der Waals surface area contributed by atoms with E-state index in [9.17, 15) is 4.79 Å². The summed E-state index contributed by atoms with van der Waals surface area (Å²) in [4.78, 5) is 13.3. The fraction of sp³-hybridized carbons (Fsp3) is 0.700. The summed E-state index contributed by atoms with van der Waals surface area (Å²) in [6.45, 7) is 4.68. The van der Waals surface area contributed by atoms with E-state index in [1.165, 1.54) is 0 Å². The Morgan fingerprint density at radius 2 is 2.31 bits per heavy atom. The van der Waals surface area contributed by atoms with E-state index < -0.39 is 0 Å². The molecule has 13 heavy (non-hydrogen) atoms. The summed E-state index contributed by atoms with van der Waals surface area (Å²) in [6.07, 6.45) is 3.57. The van der Waals surface area contributed by atoms with Crippen LogP contribution >= 0.6 is 0 Å². The number of allylic oxidation sites excluding steroid dienone is 1. The molecule has 0 aromatic rings. The Hall–Kier alpha value is -0.830. The van der Waals surface area contributed by atoms with E-state index in [2.05, 4.69) is 0 Å². The second-order valence-electron chi connectivity index (χ2n) is 3.73. The lowest BCUT2D eigenvalue weighted by atomic mass is 10.2. The van der Waals surface area contributed by atoms with Crippen LogP contribution in [0.25, 0.3) is 0 Å². The summed E-state index contributed by atoms with van der Waals surface area (Å²) in [5, 5.41) is 9.00. The van der Waals surface area contributed by atoms with Gasteiger partial charge in [0, 0.05) is 12.6 Å². The molecule has 1 saturated heterocycles. The van der Waals surface area contributed by atoms with Gasteiger partial charge in [0.15, 0.2) is 0 Å². The van der Waals surface area contributed by atoms with Gasteiger partial charge >= 0.3 is 0 Å². The molecule has 0 spiro atoms. The summed E-state index contributed by atoms with van der Waals surface area (Å²) in [7, 11) is 0. The average molecular weight is 183 g/mol. The van der Waals surface area contributed by atoms with Crippen LogP contribution in [0.4, 0.5) is 0 Å². The molecule has 1 heterocycles. The van der Waals surface area contributed by atoms with E-state index in [0.29, 0.717) is 0 Å². The van der Waals surface area contributed by atoms with Gasteiger partial charge in [-0.3, -0.25) is 4.79 Å². The SMILES string of the molecule is CC(C)=CC(=O)N1CCC[C@@H]1CO. The Labute approximate surface area is 79.0 Å². The van der Waals surface area contributed by atoms with E-state index in [4.69, 9.17) is 5.11 Å². The van der Waals surface area contributed by atoms with Crippen LogP contribution in [-0.2, 0) is 4.79 Å². The van der Waals surface area contributed by atoms with Crippen molar-refractivity contribution in [3.05, 3.63) is 11.6 Å². The number of rotatable bonds is 2. The highest BCUT2D eigenvalue weighted by Gasteiger charge is 2.26. The molecule has 1 amide bonds. The number of carbonyl (C=O) groups excluding carboxylic acids is 1. The van der Waals surface area contributed by atoms with Crippen LogP contribution < -0.4 is 0 Å². The summed E-state index contributed by atoms with van der Waals surface area (Å²) >= 11 is 0. The largest absolute Gasteiger partial charge is 0.394 e. The van der Waals surface area contributed by atoms with Gasteiger partial charge < -0.3 is 10.0 Å². The van der Waals surface area contributed by atoms with Crippen molar-refractivity contribution < 1.29 is 9.90 Å². The fourth-order valence-corrected chi connectivity index (χ4v) is 1.65. The molecular formula is C10H17NO2. The van der Waals surface area contributed by atoms with E-state index >= 15 is 0 Å². The molecule has 74 valence electrons. The smallest absolute Gasteiger partial charge is 0.246 e. The Bertz CT molecular complexity index is 219. The molecule has 0 aromatic carbocycles. The Balaban J connectivity index is 2.60. The maximum Gasteiger partial charge on any atom is 0.246 e. The van der Waals surface area contributed by atoms with Crippen LogP contribution in [0.2, 0.25) is 0 Å². The maximum absolute atomic E-state index is 11.6. The Kier molecular flexibility index (Phi) is 3.48. The lowest BCUT2D eigenvalue weighted by Crippen LogP contribution is -2.36. The van der Waals surface area contributed by atoms with Gasteiger partial charge in [0.25, 0.3) is 0 Å². The summed E-state index contributed by atoms with van der Waals surface area (Å²) < 4.78 is 0. The summed E-state index contributed by atoms with van der Waals surface area (Å²) in [5.74, 6) is 0.0385.